The van der Waals surface area contributed by atoms with E-state index in [1.54, 1.807) is 4.90 Å². The van der Waals surface area contributed by atoms with Crippen LogP contribution in [0.2, 0.25) is 0 Å². The zero-order valence-corrected chi connectivity index (χ0v) is 10.8. The topological polar surface area (TPSA) is 77.8 Å². The number of carboxylic acids is 2. The second kappa shape index (κ2) is 6.06. The molecular formula is C15H15NO4. The lowest BCUT2D eigenvalue weighted by Crippen LogP contribution is -2.23. The van der Waals surface area contributed by atoms with Crippen LogP contribution in [0, 0.1) is 0 Å². The molecule has 5 nitrogen and oxygen atoms in total. The van der Waals surface area contributed by atoms with Gasteiger partial charge in [-0.3, -0.25) is 0 Å². The highest BCUT2D eigenvalue weighted by Crippen LogP contribution is 2.20. The van der Waals surface area contributed by atoms with Crippen LogP contribution < -0.4 is 0 Å². The van der Waals surface area contributed by atoms with Crippen molar-refractivity contribution in [1.82, 2.24) is 4.90 Å². The maximum absolute atomic E-state index is 11.0. The Hall–Kier alpha value is -2.56. The van der Waals surface area contributed by atoms with Gasteiger partial charge in [-0.1, -0.05) is 30.3 Å². The van der Waals surface area contributed by atoms with E-state index in [0.29, 0.717) is 13.0 Å². The molecule has 0 amide bonds. The van der Waals surface area contributed by atoms with Gasteiger partial charge < -0.3 is 15.1 Å². The van der Waals surface area contributed by atoms with Crippen LogP contribution in [-0.4, -0.2) is 33.6 Å². The van der Waals surface area contributed by atoms with Gasteiger partial charge in [0.1, 0.15) is 0 Å². The van der Waals surface area contributed by atoms with E-state index < -0.39 is 11.9 Å². The summed E-state index contributed by atoms with van der Waals surface area (Å²) in [4.78, 5) is 23.7. The molecule has 0 unspecified atom stereocenters. The van der Waals surface area contributed by atoms with Crippen molar-refractivity contribution in [2.24, 2.45) is 0 Å². The maximum Gasteiger partial charge on any atom is 0.333 e. The van der Waals surface area contributed by atoms with Gasteiger partial charge in [0.2, 0.25) is 0 Å². The molecule has 1 aromatic rings. The van der Waals surface area contributed by atoms with Gasteiger partial charge in [0.15, 0.2) is 0 Å². The summed E-state index contributed by atoms with van der Waals surface area (Å²) in [5.74, 6) is -2.16. The number of rotatable bonds is 5. The molecule has 0 aromatic heterocycles. The zero-order valence-electron chi connectivity index (χ0n) is 10.8. The third-order valence-electron chi connectivity index (χ3n) is 3.08. The van der Waals surface area contributed by atoms with Crippen LogP contribution in [0.25, 0.3) is 0 Å². The van der Waals surface area contributed by atoms with Crippen molar-refractivity contribution < 1.29 is 19.8 Å². The van der Waals surface area contributed by atoms with E-state index in [4.69, 9.17) is 10.2 Å². The fraction of sp³-hybridized carbons (Fsp3) is 0.200. The molecule has 0 spiro atoms. The van der Waals surface area contributed by atoms with Gasteiger partial charge in [-0.2, -0.15) is 0 Å². The molecule has 2 N–H and O–H groups in total. The Morgan fingerprint density at radius 2 is 1.55 bits per heavy atom. The van der Waals surface area contributed by atoms with Crippen LogP contribution in [0.4, 0.5) is 0 Å². The van der Waals surface area contributed by atoms with Crippen LogP contribution in [0.15, 0.2) is 53.9 Å². The van der Waals surface area contributed by atoms with Crippen molar-refractivity contribution in [3.05, 3.63) is 59.4 Å². The molecule has 0 saturated carbocycles. The maximum atomic E-state index is 11.0. The van der Waals surface area contributed by atoms with Gasteiger partial charge >= 0.3 is 11.9 Å². The van der Waals surface area contributed by atoms with Gasteiger partial charge in [0.25, 0.3) is 0 Å². The number of aliphatic carboxylic acids is 2. The first-order chi connectivity index (χ1) is 9.56. The van der Waals surface area contributed by atoms with E-state index in [1.807, 2.05) is 30.3 Å². The summed E-state index contributed by atoms with van der Waals surface area (Å²) in [5.41, 5.74) is 1.31. The Kier molecular flexibility index (Phi) is 4.20. The van der Waals surface area contributed by atoms with E-state index in [-0.39, 0.29) is 17.6 Å². The monoisotopic (exact) mass is 273 g/mol. The third kappa shape index (κ3) is 3.47. The quantitative estimate of drug-likeness (QED) is 0.856. The number of carboxylic acid groups (broad SMARTS) is 2. The molecule has 0 atom stereocenters. The van der Waals surface area contributed by atoms with E-state index in [1.165, 1.54) is 12.4 Å². The smallest absolute Gasteiger partial charge is 0.333 e. The average Bonchev–Trinajstić information content (AvgIpc) is 2.45. The first kappa shape index (κ1) is 13.9. The molecule has 0 saturated heterocycles. The summed E-state index contributed by atoms with van der Waals surface area (Å²) >= 11 is 0. The van der Waals surface area contributed by atoms with Crippen molar-refractivity contribution in [3.63, 3.8) is 0 Å². The average molecular weight is 273 g/mol. The number of carbonyl (C=O) groups is 2. The normalized spacial score (nSPS) is 14.5. The van der Waals surface area contributed by atoms with Gasteiger partial charge in [0.05, 0.1) is 11.1 Å². The zero-order chi connectivity index (χ0) is 14.5. The molecule has 0 aliphatic carbocycles. The van der Waals surface area contributed by atoms with Crippen LogP contribution in [0.1, 0.15) is 12.0 Å². The highest BCUT2D eigenvalue weighted by Gasteiger charge is 2.21. The predicted molar refractivity (Wildman–Crippen MR) is 72.9 cm³/mol. The van der Waals surface area contributed by atoms with Gasteiger partial charge in [-0.15, -0.1) is 0 Å². The molecule has 0 radical (unpaired) electrons. The lowest BCUT2D eigenvalue weighted by molar-refractivity contribution is -0.133. The lowest BCUT2D eigenvalue weighted by atomic mass is 10.0. The Morgan fingerprint density at radius 1 is 1.00 bits per heavy atom. The first-order valence-corrected chi connectivity index (χ1v) is 6.24. The van der Waals surface area contributed by atoms with Crippen LogP contribution in [-0.2, 0) is 16.0 Å². The highest BCUT2D eigenvalue weighted by molar-refractivity contribution is 5.93. The molecule has 20 heavy (non-hydrogen) atoms. The fourth-order valence-corrected chi connectivity index (χ4v) is 2.03. The molecule has 2 rings (SSSR count). The van der Waals surface area contributed by atoms with Crippen LogP contribution in [0.3, 0.4) is 0 Å². The van der Waals surface area contributed by atoms with Crippen LogP contribution in [0.5, 0.6) is 0 Å². The Balaban J connectivity index is 2.09. The number of benzene rings is 1. The number of hydrogen-bond acceptors (Lipinski definition) is 3. The molecule has 1 aliphatic heterocycles. The van der Waals surface area contributed by atoms with Crippen LogP contribution >= 0.6 is 0 Å². The van der Waals surface area contributed by atoms with Gasteiger partial charge in [0, 0.05) is 25.4 Å². The molecule has 1 aliphatic rings. The molecule has 5 heteroatoms. The summed E-state index contributed by atoms with van der Waals surface area (Å²) in [6.07, 6.45) is 3.66. The molecule has 1 heterocycles. The van der Waals surface area contributed by atoms with Crippen molar-refractivity contribution >= 4 is 11.9 Å². The number of nitrogens with zero attached hydrogens (tertiary/aromatic N) is 1. The predicted octanol–water partition coefficient (Wildman–Crippen LogP) is 1.87. The minimum absolute atomic E-state index is 0.0491. The van der Waals surface area contributed by atoms with Gasteiger partial charge in [-0.25, -0.2) is 9.59 Å². The minimum atomic E-state index is -1.08. The molecular weight excluding hydrogens is 258 g/mol. The summed E-state index contributed by atoms with van der Waals surface area (Å²) in [7, 11) is 0. The largest absolute Gasteiger partial charge is 0.478 e. The van der Waals surface area contributed by atoms with Crippen molar-refractivity contribution in [1.29, 1.82) is 0 Å². The first-order valence-electron chi connectivity index (χ1n) is 6.24. The summed E-state index contributed by atoms with van der Waals surface area (Å²) in [5, 5.41) is 18.1. The fourth-order valence-electron chi connectivity index (χ4n) is 2.03. The van der Waals surface area contributed by atoms with E-state index >= 15 is 0 Å². The van der Waals surface area contributed by atoms with Gasteiger partial charge in [-0.05, 0) is 12.0 Å². The third-order valence-corrected chi connectivity index (χ3v) is 3.08. The molecule has 0 fully saturated rings. The van der Waals surface area contributed by atoms with E-state index in [2.05, 4.69) is 0 Å². The van der Waals surface area contributed by atoms with E-state index in [0.717, 1.165) is 5.56 Å². The molecule has 0 bridgehead atoms. The summed E-state index contributed by atoms with van der Waals surface area (Å²) in [6, 6.07) is 9.75. The summed E-state index contributed by atoms with van der Waals surface area (Å²) in [6.45, 7) is 0.539. The van der Waals surface area contributed by atoms with Crippen molar-refractivity contribution in [3.8, 4) is 0 Å². The Labute approximate surface area is 116 Å². The van der Waals surface area contributed by atoms with E-state index in [9.17, 15) is 9.59 Å². The second-order valence-corrected chi connectivity index (χ2v) is 4.57. The highest BCUT2D eigenvalue weighted by atomic mass is 16.4. The number of hydrogen-bond donors (Lipinski definition) is 2. The second-order valence-electron chi connectivity index (χ2n) is 4.57. The lowest BCUT2D eigenvalue weighted by Gasteiger charge is -2.22. The van der Waals surface area contributed by atoms with Crippen molar-refractivity contribution in [2.45, 2.75) is 12.8 Å². The molecule has 1 aromatic carbocycles. The minimum Gasteiger partial charge on any atom is -0.478 e. The Morgan fingerprint density at radius 3 is 2.05 bits per heavy atom. The van der Waals surface area contributed by atoms with Crippen molar-refractivity contribution in [2.75, 3.05) is 6.54 Å². The Bertz CT molecular complexity index is 545. The molecule has 104 valence electrons. The standard InChI is InChI=1S/C15H15NO4/c17-14(18)12-8-13(15(19)20)10-16(9-12)7-6-11-4-2-1-3-5-11/h1-5,9-10H,6-8H2,(H,17,18)(H,19,20). The summed E-state index contributed by atoms with van der Waals surface area (Å²) < 4.78 is 0. The SMILES string of the molecule is O=C(O)C1=CN(CCc2ccccc2)C=C(C(=O)O)C1.